The molecule has 3 heterocycles. The molecule has 144 valence electrons. The summed E-state index contributed by atoms with van der Waals surface area (Å²) in [5, 5.41) is 8.61. The van der Waals surface area contributed by atoms with Gasteiger partial charge in [0.25, 0.3) is 0 Å². The van der Waals surface area contributed by atoms with Crippen LogP contribution in [0.3, 0.4) is 0 Å². The SMILES string of the molecule is NCC1CN(c2nc3c(cc2F)c(=O)c(OC(=O)O)cn3C2CC2)CC1Cl. The van der Waals surface area contributed by atoms with Gasteiger partial charge in [0.1, 0.15) is 5.65 Å². The van der Waals surface area contributed by atoms with Crippen molar-refractivity contribution in [1.29, 1.82) is 0 Å². The summed E-state index contributed by atoms with van der Waals surface area (Å²) in [6, 6.07) is 1.17. The van der Waals surface area contributed by atoms with Crippen LogP contribution < -0.4 is 20.8 Å². The topological polar surface area (TPSA) is 111 Å². The van der Waals surface area contributed by atoms with E-state index in [2.05, 4.69) is 9.72 Å². The van der Waals surface area contributed by atoms with Crippen molar-refractivity contribution in [2.24, 2.45) is 11.7 Å². The molecular formula is C17H18ClFN4O4. The van der Waals surface area contributed by atoms with Crippen molar-refractivity contribution < 1.29 is 19.0 Å². The lowest BCUT2D eigenvalue weighted by atomic mass is 10.1. The predicted molar refractivity (Wildman–Crippen MR) is 97.3 cm³/mol. The molecule has 2 fully saturated rings. The predicted octanol–water partition coefficient (Wildman–Crippen LogP) is 1.93. The van der Waals surface area contributed by atoms with E-state index in [1.165, 1.54) is 6.20 Å². The summed E-state index contributed by atoms with van der Waals surface area (Å²) in [5.74, 6) is -0.887. The third kappa shape index (κ3) is 3.21. The van der Waals surface area contributed by atoms with Crippen LogP contribution in [0.5, 0.6) is 5.75 Å². The number of nitrogens with two attached hydrogens (primary N) is 1. The molecular weight excluding hydrogens is 379 g/mol. The number of hydrogen-bond donors (Lipinski definition) is 2. The molecule has 2 aromatic heterocycles. The van der Waals surface area contributed by atoms with E-state index in [0.29, 0.717) is 25.3 Å². The van der Waals surface area contributed by atoms with Gasteiger partial charge in [0.05, 0.1) is 17.0 Å². The minimum atomic E-state index is -1.60. The van der Waals surface area contributed by atoms with E-state index >= 15 is 0 Å². The number of ether oxygens (including phenoxy) is 1. The Labute approximate surface area is 158 Å². The molecule has 8 nitrogen and oxygen atoms in total. The number of rotatable bonds is 4. The summed E-state index contributed by atoms with van der Waals surface area (Å²) in [4.78, 5) is 29.5. The van der Waals surface area contributed by atoms with E-state index in [1.54, 1.807) is 9.47 Å². The number of alkyl halides is 1. The third-order valence-electron chi connectivity index (χ3n) is 5.01. The van der Waals surface area contributed by atoms with E-state index in [-0.39, 0.29) is 34.3 Å². The molecule has 0 radical (unpaired) electrons. The average Bonchev–Trinajstić information content (AvgIpc) is 3.39. The fraction of sp³-hybridized carbons (Fsp3) is 0.471. The third-order valence-corrected chi connectivity index (χ3v) is 5.50. The number of pyridine rings is 2. The number of hydrogen-bond acceptors (Lipinski definition) is 6. The van der Waals surface area contributed by atoms with Gasteiger partial charge in [-0.25, -0.2) is 14.2 Å². The van der Waals surface area contributed by atoms with E-state index in [0.717, 1.165) is 18.9 Å². The molecule has 0 spiro atoms. The fourth-order valence-corrected chi connectivity index (χ4v) is 3.81. The van der Waals surface area contributed by atoms with Gasteiger partial charge in [0.2, 0.25) is 5.43 Å². The van der Waals surface area contributed by atoms with Gasteiger partial charge in [-0.3, -0.25) is 4.79 Å². The number of halogens is 2. The second-order valence-electron chi connectivity index (χ2n) is 6.91. The zero-order valence-corrected chi connectivity index (χ0v) is 15.0. The van der Waals surface area contributed by atoms with Crippen molar-refractivity contribution in [1.82, 2.24) is 9.55 Å². The molecule has 0 aromatic carbocycles. The van der Waals surface area contributed by atoms with Crippen LogP contribution in [-0.2, 0) is 0 Å². The van der Waals surface area contributed by atoms with Crippen molar-refractivity contribution in [2.45, 2.75) is 24.3 Å². The van der Waals surface area contributed by atoms with Crippen LogP contribution in [0.15, 0.2) is 17.1 Å². The Kier molecular flexibility index (Phi) is 4.43. The van der Waals surface area contributed by atoms with E-state index in [9.17, 15) is 14.0 Å². The van der Waals surface area contributed by atoms with E-state index in [4.69, 9.17) is 22.4 Å². The maximum absolute atomic E-state index is 14.8. The van der Waals surface area contributed by atoms with Crippen LogP contribution >= 0.6 is 11.6 Å². The molecule has 1 aliphatic heterocycles. The molecule has 0 amide bonds. The van der Waals surface area contributed by atoms with Gasteiger partial charge < -0.3 is 25.0 Å². The fourth-order valence-electron chi connectivity index (χ4n) is 3.46. The Balaban J connectivity index is 1.85. The smallest absolute Gasteiger partial charge is 0.449 e. The van der Waals surface area contributed by atoms with Crippen LogP contribution in [0.25, 0.3) is 11.0 Å². The highest BCUT2D eigenvalue weighted by molar-refractivity contribution is 6.21. The van der Waals surface area contributed by atoms with E-state index in [1.807, 2.05) is 0 Å². The monoisotopic (exact) mass is 396 g/mol. The second kappa shape index (κ2) is 6.65. The van der Waals surface area contributed by atoms with Crippen molar-refractivity contribution in [2.75, 3.05) is 24.5 Å². The van der Waals surface area contributed by atoms with Crippen molar-refractivity contribution >= 4 is 34.6 Å². The molecule has 10 heteroatoms. The molecule has 0 bridgehead atoms. The molecule has 2 aliphatic rings. The van der Waals surface area contributed by atoms with Gasteiger partial charge in [-0.15, -0.1) is 11.6 Å². The first-order valence-corrected chi connectivity index (χ1v) is 9.08. The number of aromatic nitrogens is 2. The number of carbonyl (C=O) groups is 1. The Hall–Kier alpha value is -2.39. The summed E-state index contributed by atoms with van der Waals surface area (Å²) in [7, 11) is 0. The van der Waals surface area contributed by atoms with Gasteiger partial charge in [-0.1, -0.05) is 0 Å². The van der Waals surface area contributed by atoms with Crippen molar-refractivity contribution in [3.8, 4) is 5.75 Å². The molecule has 3 N–H and O–H groups in total. The minimum absolute atomic E-state index is 0.0149. The summed E-state index contributed by atoms with van der Waals surface area (Å²) < 4.78 is 21.0. The molecule has 2 aromatic rings. The standard InChI is InChI=1S/C17H18ClFN4O4/c18-11-6-22(5-8(11)4-20)16-12(19)3-10-14(24)13(27-17(25)26)7-23(9-1-2-9)15(10)21-16/h3,7-9,11H,1-2,4-6,20H2,(H,25,26). The Morgan fingerprint density at radius 2 is 2.19 bits per heavy atom. The summed E-state index contributed by atoms with van der Waals surface area (Å²) in [6.45, 7) is 1.28. The Bertz CT molecular complexity index is 978. The average molecular weight is 397 g/mol. The van der Waals surface area contributed by atoms with Gasteiger partial charge >= 0.3 is 6.16 Å². The first kappa shape index (κ1) is 18.0. The maximum Gasteiger partial charge on any atom is 0.511 e. The zero-order valence-electron chi connectivity index (χ0n) is 14.3. The molecule has 2 atom stereocenters. The van der Waals surface area contributed by atoms with Crippen molar-refractivity contribution in [3.63, 3.8) is 0 Å². The quantitative estimate of drug-likeness (QED) is 0.600. The van der Waals surface area contributed by atoms with Crippen LogP contribution in [0.2, 0.25) is 0 Å². The van der Waals surface area contributed by atoms with Crippen molar-refractivity contribution in [3.05, 3.63) is 28.3 Å². The van der Waals surface area contributed by atoms with Crippen LogP contribution in [0.1, 0.15) is 18.9 Å². The first-order valence-electron chi connectivity index (χ1n) is 8.64. The summed E-state index contributed by atoms with van der Waals surface area (Å²) >= 11 is 6.28. The van der Waals surface area contributed by atoms with Crippen LogP contribution in [-0.4, -0.2) is 45.8 Å². The minimum Gasteiger partial charge on any atom is -0.449 e. The number of carboxylic acid groups (broad SMARTS) is 1. The summed E-state index contributed by atoms with van der Waals surface area (Å²) in [5.41, 5.74) is 5.30. The van der Waals surface area contributed by atoms with Gasteiger partial charge in [-0.2, -0.15) is 0 Å². The highest BCUT2D eigenvalue weighted by Crippen LogP contribution is 2.38. The lowest BCUT2D eigenvalue weighted by molar-refractivity contribution is 0.143. The van der Waals surface area contributed by atoms with Gasteiger partial charge in [0.15, 0.2) is 17.4 Å². The molecule has 27 heavy (non-hydrogen) atoms. The molecule has 2 unspecified atom stereocenters. The highest BCUT2D eigenvalue weighted by Gasteiger charge is 2.34. The lowest BCUT2D eigenvalue weighted by Gasteiger charge is -2.20. The summed E-state index contributed by atoms with van der Waals surface area (Å²) in [6.07, 6.45) is 1.46. The number of fused-ring (bicyclic) bond motifs is 1. The second-order valence-corrected chi connectivity index (χ2v) is 7.47. The molecule has 4 rings (SSSR count). The maximum atomic E-state index is 14.8. The van der Waals surface area contributed by atoms with Crippen LogP contribution in [0, 0.1) is 11.7 Å². The Morgan fingerprint density at radius 1 is 1.44 bits per heavy atom. The first-order chi connectivity index (χ1) is 12.9. The Morgan fingerprint density at radius 3 is 2.78 bits per heavy atom. The number of anilines is 1. The van der Waals surface area contributed by atoms with Gasteiger partial charge in [-0.05, 0) is 25.5 Å². The van der Waals surface area contributed by atoms with Crippen LogP contribution in [0.4, 0.5) is 15.0 Å². The lowest BCUT2D eigenvalue weighted by Crippen LogP contribution is -2.25. The largest absolute Gasteiger partial charge is 0.511 e. The molecule has 1 aliphatic carbocycles. The molecule has 1 saturated heterocycles. The number of nitrogens with zero attached hydrogens (tertiary/aromatic N) is 3. The normalized spacial score (nSPS) is 22.4. The van der Waals surface area contributed by atoms with Gasteiger partial charge in [0, 0.05) is 25.0 Å². The zero-order chi connectivity index (χ0) is 19.3. The van der Waals surface area contributed by atoms with E-state index < -0.39 is 17.4 Å². The molecule has 1 saturated carbocycles. The highest BCUT2D eigenvalue weighted by atomic mass is 35.5.